The molecule has 1 aromatic heterocycles. The van der Waals surface area contributed by atoms with E-state index in [0.29, 0.717) is 11.4 Å². The standard InChI is InChI=1S/C28H32N4O3S/c1-20-7-9-24(10-8-20)26-15-25(36(34,35)14-6-13-32-11-4-5-12-32)16-27(21(26)2)28(33)31-19-23-17-29-22(3)30-18-23/h6-10,13,15-18H,4-5,11-12,14,19H2,1-3H3,(H,31,33). The molecule has 1 N–H and O–H groups in total. The van der Waals surface area contributed by atoms with E-state index in [0.717, 1.165) is 53.7 Å². The van der Waals surface area contributed by atoms with E-state index in [2.05, 4.69) is 20.2 Å². The van der Waals surface area contributed by atoms with E-state index in [9.17, 15) is 13.2 Å². The Bertz CT molecular complexity index is 1360. The van der Waals surface area contributed by atoms with Crippen molar-refractivity contribution in [2.45, 2.75) is 45.1 Å². The topological polar surface area (TPSA) is 92.3 Å². The maximum absolute atomic E-state index is 13.3. The highest BCUT2D eigenvalue weighted by Crippen LogP contribution is 2.30. The molecule has 3 aromatic rings. The van der Waals surface area contributed by atoms with Gasteiger partial charge >= 0.3 is 0 Å². The van der Waals surface area contributed by atoms with Crippen LogP contribution < -0.4 is 5.32 Å². The third kappa shape index (κ3) is 6.18. The van der Waals surface area contributed by atoms with Gasteiger partial charge in [0.15, 0.2) is 9.84 Å². The summed E-state index contributed by atoms with van der Waals surface area (Å²) >= 11 is 0. The van der Waals surface area contributed by atoms with Crippen molar-refractivity contribution in [1.82, 2.24) is 20.2 Å². The highest BCUT2D eigenvalue weighted by molar-refractivity contribution is 7.91. The van der Waals surface area contributed by atoms with Crippen molar-refractivity contribution in [2.75, 3.05) is 18.8 Å². The zero-order valence-electron chi connectivity index (χ0n) is 21.0. The van der Waals surface area contributed by atoms with E-state index in [-0.39, 0.29) is 23.1 Å². The van der Waals surface area contributed by atoms with E-state index >= 15 is 0 Å². The predicted molar refractivity (Wildman–Crippen MR) is 141 cm³/mol. The van der Waals surface area contributed by atoms with Crippen LogP contribution in [-0.4, -0.2) is 48.0 Å². The maximum Gasteiger partial charge on any atom is 0.251 e. The molecule has 1 fully saturated rings. The lowest BCUT2D eigenvalue weighted by molar-refractivity contribution is 0.0950. The number of amides is 1. The van der Waals surface area contributed by atoms with Crippen LogP contribution in [0.15, 0.2) is 66.0 Å². The molecule has 0 spiro atoms. The van der Waals surface area contributed by atoms with Gasteiger partial charge in [0, 0.05) is 43.2 Å². The number of hydrogen-bond donors (Lipinski definition) is 1. The first kappa shape index (κ1) is 25.6. The molecule has 1 amide bonds. The monoisotopic (exact) mass is 504 g/mol. The van der Waals surface area contributed by atoms with E-state index < -0.39 is 9.84 Å². The summed E-state index contributed by atoms with van der Waals surface area (Å²) in [5.74, 6) is 0.188. The lowest BCUT2D eigenvalue weighted by Gasteiger charge is -2.16. The second-order valence-corrected chi connectivity index (χ2v) is 11.3. The van der Waals surface area contributed by atoms with Crippen molar-refractivity contribution in [1.29, 1.82) is 0 Å². The van der Waals surface area contributed by atoms with Gasteiger partial charge in [0.1, 0.15) is 5.82 Å². The van der Waals surface area contributed by atoms with Crippen LogP contribution in [0.3, 0.4) is 0 Å². The number of hydrogen-bond acceptors (Lipinski definition) is 6. The van der Waals surface area contributed by atoms with Crippen molar-refractivity contribution in [3.05, 3.63) is 89.1 Å². The van der Waals surface area contributed by atoms with Gasteiger partial charge in [-0.3, -0.25) is 4.79 Å². The van der Waals surface area contributed by atoms with Crippen molar-refractivity contribution in [3.8, 4) is 11.1 Å². The van der Waals surface area contributed by atoms with Crippen LogP contribution in [0.4, 0.5) is 0 Å². The smallest absolute Gasteiger partial charge is 0.251 e. The molecular formula is C28H32N4O3S. The van der Waals surface area contributed by atoms with Gasteiger partial charge in [0.05, 0.1) is 10.6 Å². The van der Waals surface area contributed by atoms with E-state index in [4.69, 9.17) is 0 Å². The Morgan fingerprint density at radius 3 is 2.36 bits per heavy atom. The maximum atomic E-state index is 13.3. The molecule has 4 rings (SSSR count). The number of likely N-dealkylation sites (tertiary alicyclic amines) is 1. The van der Waals surface area contributed by atoms with Gasteiger partial charge in [-0.05, 0) is 68.6 Å². The first-order valence-corrected chi connectivity index (χ1v) is 13.8. The summed E-state index contributed by atoms with van der Waals surface area (Å²) in [4.78, 5) is 23.8. The molecule has 0 unspecified atom stereocenters. The number of aromatic nitrogens is 2. The zero-order valence-corrected chi connectivity index (χ0v) is 21.8. The Hall–Kier alpha value is -3.52. The van der Waals surface area contributed by atoms with E-state index in [1.54, 1.807) is 31.5 Å². The molecule has 0 bridgehead atoms. The third-order valence-electron chi connectivity index (χ3n) is 6.41. The number of sulfone groups is 1. The van der Waals surface area contributed by atoms with E-state index in [1.165, 1.54) is 6.07 Å². The summed E-state index contributed by atoms with van der Waals surface area (Å²) in [7, 11) is -3.65. The molecule has 8 heteroatoms. The number of carbonyl (C=O) groups excluding carboxylic acids is 1. The molecule has 36 heavy (non-hydrogen) atoms. The zero-order chi connectivity index (χ0) is 25.7. The minimum absolute atomic E-state index is 0.123. The molecule has 1 saturated heterocycles. The van der Waals surface area contributed by atoms with Gasteiger partial charge in [-0.1, -0.05) is 35.9 Å². The van der Waals surface area contributed by atoms with Crippen LogP contribution in [0.1, 0.15) is 45.7 Å². The highest BCUT2D eigenvalue weighted by atomic mass is 32.2. The second-order valence-electron chi connectivity index (χ2n) is 9.24. The SMILES string of the molecule is Cc1ccc(-c2cc(S(=O)(=O)CC=CN3CCCC3)cc(C(=O)NCc3cnc(C)nc3)c2C)cc1. The minimum atomic E-state index is -3.65. The molecule has 0 saturated carbocycles. The van der Waals surface area contributed by atoms with Gasteiger partial charge in [-0.2, -0.15) is 0 Å². The fourth-order valence-electron chi connectivity index (χ4n) is 4.23. The summed E-state index contributed by atoms with van der Waals surface area (Å²) in [6, 6.07) is 11.0. The van der Waals surface area contributed by atoms with Crippen LogP contribution in [0.2, 0.25) is 0 Å². The largest absolute Gasteiger partial charge is 0.378 e. The first-order chi connectivity index (χ1) is 17.2. The van der Waals surface area contributed by atoms with Crippen LogP contribution >= 0.6 is 0 Å². The van der Waals surface area contributed by atoms with Gasteiger partial charge in [-0.15, -0.1) is 0 Å². The number of nitrogens with zero attached hydrogens (tertiary/aromatic N) is 3. The third-order valence-corrected chi connectivity index (χ3v) is 7.99. The van der Waals surface area contributed by atoms with Crippen molar-refractivity contribution in [2.24, 2.45) is 0 Å². The molecule has 0 aliphatic carbocycles. The van der Waals surface area contributed by atoms with Crippen molar-refractivity contribution < 1.29 is 13.2 Å². The Labute approximate surface area is 213 Å². The predicted octanol–water partition coefficient (Wildman–Crippen LogP) is 4.38. The minimum Gasteiger partial charge on any atom is -0.378 e. The molecule has 1 aliphatic heterocycles. The molecule has 7 nitrogen and oxygen atoms in total. The molecule has 2 heterocycles. The summed E-state index contributed by atoms with van der Waals surface area (Å²) in [6.45, 7) is 7.79. The summed E-state index contributed by atoms with van der Waals surface area (Å²) in [5, 5.41) is 2.89. The summed E-state index contributed by atoms with van der Waals surface area (Å²) < 4.78 is 26.6. The first-order valence-electron chi connectivity index (χ1n) is 12.1. The fraction of sp³-hybridized carbons (Fsp3) is 0.321. The highest BCUT2D eigenvalue weighted by Gasteiger charge is 2.21. The quantitative estimate of drug-likeness (QED) is 0.489. The fourth-order valence-corrected chi connectivity index (χ4v) is 5.36. The second kappa shape index (κ2) is 11.0. The van der Waals surface area contributed by atoms with Crippen LogP contribution in [0.25, 0.3) is 11.1 Å². The normalized spacial score (nSPS) is 13.9. The van der Waals surface area contributed by atoms with Crippen molar-refractivity contribution in [3.63, 3.8) is 0 Å². The van der Waals surface area contributed by atoms with Gasteiger partial charge in [-0.25, -0.2) is 18.4 Å². The van der Waals surface area contributed by atoms with Gasteiger partial charge in [0.25, 0.3) is 5.91 Å². The number of aryl methyl sites for hydroxylation is 2. The number of nitrogens with one attached hydrogen (secondary N) is 1. The molecule has 188 valence electrons. The molecule has 0 atom stereocenters. The average Bonchev–Trinajstić information content (AvgIpc) is 3.37. The molecule has 2 aromatic carbocycles. The lowest BCUT2D eigenvalue weighted by atomic mass is 9.95. The van der Waals surface area contributed by atoms with Gasteiger partial charge in [0.2, 0.25) is 0 Å². The van der Waals surface area contributed by atoms with E-state index in [1.807, 2.05) is 44.3 Å². The van der Waals surface area contributed by atoms with Crippen LogP contribution in [-0.2, 0) is 16.4 Å². The number of benzene rings is 2. The molecular weight excluding hydrogens is 472 g/mol. The Balaban J connectivity index is 1.66. The number of rotatable bonds is 8. The Morgan fingerprint density at radius 1 is 1.03 bits per heavy atom. The average molecular weight is 505 g/mol. The molecule has 0 radical (unpaired) electrons. The summed E-state index contributed by atoms with van der Waals surface area (Å²) in [5.41, 5.74) is 4.52. The van der Waals surface area contributed by atoms with Crippen LogP contribution in [0.5, 0.6) is 0 Å². The lowest BCUT2D eigenvalue weighted by Crippen LogP contribution is -2.24. The van der Waals surface area contributed by atoms with Crippen molar-refractivity contribution >= 4 is 15.7 Å². The van der Waals surface area contributed by atoms with Crippen LogP contribution in [0, 0.1) is 20.8 Å². The van der Waals surface area contributed by atoms with Gasteiger partial charge < -0.3 is 10.2 Å². The Kier molecular flexibility index (Phi) is 7.84. The Morgan fingerprint density at radius 2 is 1.69 bits per heavy atom. The summed E-state index contributed by atoms with van der Waals surface area (Å²) in [6.07, 6.45) is 9.16. The molecule has 1 aliphatic rings. The number of carbonyl (C=O) groups is 1.